The minimum atomic E-state index is -2.41. The maximum Gasteiger partial charge on any atom is 0.260 e. The minimum absolute atomic E-state index is 0.0948. The normalized spacial score (nSPS) is 11.9. The number of hydrogen-bond acceptors (Lipinski definition) is 8. The lowest BCUT2D eigenvalue weighted by Gasteiger charge is -2.16. The van der Waals surface area contributed by atoms with Crippen molar-refractivity contribution >= 4 is 40.0 Å². The van der Waals surface area contributed by atoms with Gasteiger partial charge in [0, 0.05) is 6.07 Å². The second kappa shape index (κ2) is 9.57. The Morgan fingerprint density at radius 3 is 2.39 bits per heavy atom. The summed E-state index contributed by atoms with van der Waals surface area (Å²) >= 11 is 3.76. The van der Waals surface area contributed by atoms with E-state index in [2.05, 4.69) is 24.7 Å². The van der Waals surface area contributed by atoms with Crippen LogP contribution in [0.25, 0.3) is 28.5 Å². The molecule has 2 N–H and O–H groups in total. The van der Waals surface area contributed by atoms with Crippen LogP contribution in [0, 0.1) is 0 Å². The third kappa shape index (κ3) is 4.40. The monoisotopic (exact) mass is 490 g/mol. The SMILES string of the molecule is CCOc1cccc(-c2nc3nc(Cl)c(NS(=O)O)nc3n2-c2c(OC)cccc2OC)n1. The summed E-state index contributed by atoms with van der Waals surface area (Å²) in [5.41, 5.74) is 1.36. The van der Waals surface area contributed by atoms with Crippen molar-refractivity contribution in [1.82, 2.24) is 24.5 Å². The summed E-state index contributed by atoms with van der Waals surface area (Å²) < 4.78 is 41.2. The molecule has 0 spiro atoms. The van der Waals surface area contributed by atoms with Crippen LogP contribution in [0.5, 0.6) is 17.4 Å². The number of benzene rings is 1. The van der Waals surface area contributed by atoms with Crippen molar-refractivity contribution in [1.29, 1.82) is 0 Å². The number of fused-ring (bicyclic) bond motifs is 1. The summed E-state index contributed by atoms with van der Waals surface area (Å²) in [6.45, 7) is 2.30. The molecule has 1 aromatic carbocycles. The summed E-state index contributed by atoms with van der Waals surface area (Å²) in [7, 11) is 3.05. The largest absolute Gasteiger partial charge is 0.494 e. The van der Waals surface area contributed by atoms with Crippen LogP contribution in [0.3, 0.4) is 0 Å². The quantitative estimate of drug-likeness (QED) is 0.356. The van der Waals surface area contributed by atoms with Crippen molar-refractivity contribution in [3.8, 4) is 34.6 Å². The van der Waals surface area contributed by atoms with Crippen LogP contribution >= 0.6 is 11.6 Å². The Bertz CT molecular complexity index is 1330. The minimum Gasteiger partial charge on any atom is -0.494 e. The van der Waals surface area contributed by atoms with Crippen molar-refractivity contribution in [2.45, 2.75) is 6.92 Å². The average molecular weight is 491 g/mol. The van der Waals surface area contributed by atoms with E-state index in [1.165, 1.54) is 14.2 Å². The molecule has 0 amide bonds. The predicted octanol–water partition coefficient (Wildman–Crippen LogP) is 3.50. The van der Waals surface area contributed by atoms with Gasteiger partial charge in [0.05, 0.1) is 20.8 Å². The first-order valence-corrected chi connectivity index (χ1v) is 11.1. The lowest BCUT2D eigenvalue weighted by atomic mass is 10.2. The molecule has 3 heterocycles. The van der Waals surface area contributed by atoms with Gasteiger partial charge >= 0.3 is 0 Å². The van der Waals surface area contributed by atoms with E-state index in [4.69, 9.17) is 25.8 Å². The van der Waals surface area contributed by atoms with Gasteiger partial charge in [-0.25, -0.2) is 24.1 Å². The number of halogens is 1. The van der Waals surface area contributed by atoms with E-state index in [9.17, 15) is 8.76 Å². The van der Waals surface area contributed by atoms with Crippen LogP contribution in [0.15, 0.2) is 36.4 Å². The smallest absolute Gasteiger partial charge is 0.260 e. The van der Waals surface area contributed by atoms with E-state index in [0.29, 0.717) is 41.2 Å². The summed E-state index contributed by atoms with van der Waals surface area (Å²) in [4.78, 5) is 17.8. The van der Waals surface area contributed by atoms with Gasteiger partial charge in [-0.15, -0.1) is 0 Å². The van der Waals surface area contributed by atoms with Crippen molar-refractivity contribution in [2.24, 2.45) is 0 Å². The summed E-state index contributed by atoms with van der Waals surface area (Å²) in [5, 5.41) is -0.121. The molecule has 0 bridgehead atoms. The second-order valence-electron chi connectivity index (χ2n) is 6.44. The van der Waals surface area contributed by atoms with Crippen molar-refractivity contribution in [3.63, 3.8) is 0 Å². The van der Waals surface area contributed by atoms with Crippen LogP contribution in [0.4, 0.5) is 5.82 Å². The number of ether oxygens (including phenoxy) is 3. The Labute approximate surface area is 196 Å². The topological polar surface area (TPSA) is 134 Å². The number of hydrogen-bond donors (Lipinski definition) is 2. The molecular formula is C20H19ClN6O5S. The number of pyridine rings is 1. The van der Waals surface area contributed by atoms with Crippen LogP contribution in [0.1, 0.15) is 6.92 Å². The molecule has 0 aliphatic heterocycles. The fourth-order valence-electron chi connectivity index (χ4n) is 3.22. The van der Waals surface area contributed by atoms with Gasteiger partial charge in [0.1, 0.15) is 22.9 Å². The molecule has 4 aromatic rings. The molecular weight excluding hydrogens is 472 g/mol. The molecule has 0 saturated carbocycles. The van der Waals surface area contributed by atoms with Gasteiger partial charge in [0.15, 0.2) is 28.1 Å². The Balaban J connectivity index is 2.09. The molecule has 4 rings (SSSR count). The van der Waals surface area contributed by atoms with Gasteiger partial charge < -0.3 is 14.2 Å². The standard InChI is InChI=1S/C20H19ClN6O5S/c1-4-32-14-10-5-7-11(22-14)19-25-18-20(24-17(16(21)23-18)26-33(28)29)27(19)15-12(30-2)8-6-9-13(15)31-3/h5-10H,4H2,1-3H3,(H,24,26)(H,28,29). The molecule has 0 radical (unpaired) electrons. The number of methoxy groups -OCH3 is 2. The lowest BCUT2D eigenvalue weighted by Crippen LogP contribution is -2.08. The molecule has 1 atom stereocenters. The Morgan fingerprint density at radius 2 is 1.76 bits per heavy atom. The zero-order valence-electron chi connectivity index (χ0n) is 17.8. The van der Waals surface area contributed by atoms with E-state index >= 15 is 0 Å². The van der Waals surface area contributed by atoms with Gasteiger partial charge in [0.2, 0.25) is 5.88 Å². The zero-order valence-corrected chi connectivity index (χ0v) is 19.3. The fourth-order valence-corrected chi connectivity index (χ4v) is 3.76. The second-order valence-corrected chi connectivity index (χ2v) is 7.50. The molecule has 0 saturated heterocycles. The van der Waals surface area contributed by atoms with Crippen LogP contribution < -0.4 is 18.9 Å². The maximum absolute atomic E-state index is 11.3. The van der Waals surface area contributed by atoms with Gasteiger partial charge in [0.25, 0.3) is 11.3 Å². The van der Waals surface area contributed by atoms with Crippen molar-refractivity contribution < 1.29 is 23.0 Å². The first-order chi connectivity index (χ1) is 16.0. The van der Waals surface area contributed by atoms with Gasteiger partial charge in [-0.2, -0.15) is 0 Å². The predicted molar refractivity (Wildman–Crippen MR) is 124 cm³/mol. The third-order valence-corrected chi connectivity index (χ3v) is 5.14. The number of imidazole rings is 1. The molecule has 172 valence electrons. The number of rotatable bonds is 8. The molecule has 33 heavy (non-hydrogen) atoms. The fraction of sp³-hybridized carbons (Fsp3) is 0.200. The highest BCUT2D eigenvalue weighted by atomic mass is 35.5. The molecule has 13 heteroatoms. The van der Waals surface area contributed by atoms with Crippen molar-refractivity contribution in [2.75, 3.05) is 25.5 Å². The number of aromatic nitrogens is 5. The molecule has 0 aliphatic rings. The van der Waals surface area contributed by atoms with Crippen molar-refractivity contribution in [3.05, 3.63) is 41.6 Å². The van der Waals surface area contributed by atoms with Gasteiger partial charge in [-0.3, -0.25) is 13.8 Å². The van der Waals surface area contributed by atoms with Crippen LogP contribution in [-0.4, -0.2) is 54.1 Å². The number of para-hydroxylation sites is 1. The van der Waals surface area contributed by atoms with Crippen LogP contribution in [0.2, 0.25) is 5.15 Å². The van der Waals surface area contributed by atoms with E-state index < -0.39 is 11.3 Å². The Morgan fingerprint density at radius 1 is 1.06 bits per heavy atom. The highest BCUT2D eigenvalue weighted by molar-refractivity contribution is 7.80. The number of nitrogens with zero attached hydrogens (tertiary/aromatic N) is 5. The van der Waals surface area contributed by atoms with E-state index in [1.54, 1.807) is 41.0 Å². The number of anilines is 1. The maximum atomic E-state index is 11.3. The summed E-state index contributed by atoms with van der Waals surface area (Å²) in [6.07, 6.45) is 0. The highest BCUT2D eigenvalue weighted by Gasteiger charge is 2.25. The molecule has 11 nitrogen and oxygen atoms in total. The first-order valence-electron chi connectivity index (χ1n) is 9.61. The Hall–Kier alpha value is -3.48. The van der Waals surface area contributed by atoms with Gasteiger partial charge in [-0.1, -0.05) is 23.7 Å². The van der Waals surface area contributed by atoms with E-state index in [1.807, 2.05) is 6.92 Å². The molecule has 0 fully saturated rings. The summed E-state index contributed by atoms with van der Waals surface area (Å²) in [5.74, 6) is 1.61. The first kappa shape index (κ1) is 22.7. The lowest BCUT2D eigenvalue weighted by molar-refractivity contribution is 0.327. The average Bonchev–Trinajstić information content (AvgIpc) is 3.16. The molecule has 3 aromatic heterocycles. The zero-order chi connectivity index (χ0) is 23.5. The third-order valence-electron chi connectivity index (χ3n) is 4.51. The summed E-state index contributed by atoms with van der Waals surface area (Å²) in [6, 6.07) is 10.6. The van der Waals surface area contributed by atoms with Crippen LogP contribution in [-0.2, 0) is 11.3 Å². The Kier molecular flexibility index (Phi) is 6.58. The van der Waals surface area contributed by atoms with Gasteiger partial charge in [-0.05, 0) is 25.1 Å². The van der Waals surface area contributed by atoms with E-state index in [0.717, 1.165) is 0 Å². The molecule has 1 unspecified atom stereocenters. The molecule has 0 aliphatic carbocycles. The van der Waals surface area contributed by atoms with E-state index in [-0.39, 0.29) is 22.3 Å². The highest BCUT2D eigenvalue weighted by Crippen LogP contribution is 2.38. The number of nitrogens with one attached hydrogen (secondary N) is 1.